The molecule has 0 atom stereocenters. The van der Waals surface area contributed by atoms with Crippen molar-refractivity contribution in [2.45, 2.75) is 6.42 Å². The fraction of sp³-hybridized carbons (Fsp3) is 0.154. The van der Waals surface area contributed by atoms with Gasteiger partial charge in [0.2, 0.25) is 0 Å². The molecule has 0 spiro atoms. The van der Waals surface area contributed by atoms with Gasteiger partial charge in [0.15, 0.2) is 5.13 Å². The summed E-state index contributed by atoms with van der Waals surface area (Å²) in [5.41, 5.74) is 0.685. The Hall–Kier alpha value is -1.80. The van der Waals surface area contributed by atoms with E-state index in [9.17, 15) is 14.0 Å². The monoisotopic (exact) mass is 372 g/mol. The maximum Gasteiger partial charge on any atom is 0.311 e. The maximum atomic E-state index is 13.4. The molecule has 1 aromatic heterocycles. The number of benzene rings is 1. The lowest BCUT2D eigenvalue weighted by Crippen LogP contribution is -2.12. The van der Waals surface area contributed by atoms with Crippen LogP contribution in [0.1, 0.15) is 16.1 Å². The van der Waals surface area contributed by atoms with Crippen molar-refractivity contribution in [3.05, 3.63) is 45.1 Å². The van der Waals surface area contributed by atoms with Gasteiger partial charge in [-0.1, -0.05) is 0 Å². The predicted molar refractivity (Wildman–Crippen MR) is 79.9 cm³/mol. The van der Waals surface area contributed by atoms with Crippen LogP contribution in [0.3, 0.4) is 0 Å². The van der Waals surface area contributed by atoms with Gasteiger partial charge in [0.05, 0.1) is 23.7 Å². The van der Waals surface area contributed by atoms with Crippen LogP contribution in [0.15, 0.2) is 28.1 Å². The first-order valence-corrected chi connectivity index (χ1v) is 7.44. The average molecular weight is 373 g/mol. The van der Waals surface area contributed by atoms with Crippen molar-refractivity contribution in [2.75, 3.05) is 12.4 Å². The number of halogens is 2. The molecule has 0 unspecified atom stereocenters. The highest BCUT2D eigenvalue weighted by molar-refractivity contribution is 9.10. The molecule has 0 radical (unpaired) electrons. The number of nitrogens with one attached hydrogen (secondary N) is 1. The van der Waals surface area contributed by atoms with E-state index in [1.54, 1.807) is 5.38 Å². The number of ether oxygens (including phenoxy) is 1. The number of hydrogen-bond acceptors (Lipinski definition) is 5. The molecule has 0 aliphatic carbocycles. The van der Waals surface area contributed by atoms with E-state index in [0.717, 1.165) is 6.07 Å². The second-order valence-corrected chi connectivity index (χ2v) is 5.69. The van der Waals surface area contributed by atoms with Crippen LogP contribution in [0.2, 0.25) is 0 Å². The Morgan fingerprint density at radius 2 is 2.24 bits per heavy atom. The van der Waals surface area contributed by atoms with Crippen LogP contribution >= 0.6 is 27.3 Å². The maximum absolute atomic E-state index is 13.4. The number of nitrogens with zero attached hydrogens (tertiary/aromatic N) is 1. The van der Waals surface area contributed by atoms with Crippen molar-refractivity contribution in [1.82, 2.24) is 4.98 Å². The molecule has 0 aliphatic rings. The highest BCUT2D eigenvalue weighted by Crippen LogP contribution is 2.19. The molecule has 2 rings (SSSR count). The van der Waals surface area contributed by atoms with E-state index in [4.69, 9.17) is 0 Å². The van der Waals surface area contributed by atoms with E-state index < -0.39 is 17.7 Å². The summed E-state index contributed by atoms with van der Waals surface area (Å²) in [4.78, 5) is 27.1. The highest BCUT2D eigenvalue weighted by Gasteiger charge is 2.12. The topological polar surface area (TPSA) is 68.3 Å². The molecule has 1 aromatic carbocycles. The zero-order valence-electron chi connectivity index (χ0n) is 10.9. The summed E-state index contributed by atoms with van der Waals surface area (Å²) >= 11 is 4.20. The number of rotatable bonds is 4. The zero-order valence-corrected chi connectivity index (χ0v) is 13.3. The second-order valence-electron chi connectivity index (χ2n) is 3.98. The van der Waals surface area contributed by atoms with Gasteiger partial charge in [-0.25, -0.2) is 9.37 Å². The molecular formula is C13H10BrFN2O3S. The number of carbonyl (C=O) groups is 2. The Morgan fingerprint density at radius 3 is 2.90 bits per heavy atom. The molecule has 0 bridgehead atoms. The standard InChI is InChI=1S/C13H10BrFN2O3S/c1-20-11(18)5-8-6-21-13(16-8)17-12(19)7-2-3-9(14)10(15)4-7/h2-4,6H,5H2,1H3,(H,16,17,19). The van der Waals surface area contributed by atoms with Crippen LogP contribution in [0.25, 0.3) is 0 Å². The molecule has 1 N–H and O–H groups in total. The van der Waals surface area contributed by atoms with E-state index in [0.29, 0.717) is 10.8 Å². The van der Waals surface area contributed by atoms with E-state index >= 15 is 0 Å². The second kappa shape index (κ2) is 6.77. The van der Waals surface area contributed by atoms with Crippen molar-refractivity contribution in [3.63, 3.8) is 0 Å². The zero-order chi connectivity index (χ0) is 15.4. The molecular weight excluding hydrogens is 363 g/mol. The fourth-order valence-corrected chi connectivity index (χ4v) is 2.42. The fourth-order valence-electron chi connectivity index (χ4n) is 1.47. The van der Waals surface area contributed by atoms with Crippen molar-refractivity contribution >= 4 is 44.3 Å². The van der Waals surface area contributed by atoms with Gasteiger partial charge in [-0.15, -0.1) is 11.3 Å². The van der Waals surface area contributed by atoms with Crippen molar-refractivity contribution in [3.8, 4) is 0 Å². The predicted octanol–water partition coefficient (Wildman–Crippen LogP) is 3.01. The van der Waals surface area contributed by atoms with Gasteiger partial charge in [0.25, 0.3) is 5.91 Å². The lowest BCUT2D eigenvalue weighted by Gasteiger charge is -2.02. The number of aromatic nitrogens is 1. The number of carbonyl (C=O) groups excluding carboxylic acids is 2. The molecule has 21 heavy (non-hydrogen) atoms. The summed E-state index contributed by atoms with van der Waals surface area (Å²) < 4.78 is 18.2. The Labute approximate surface area is 132 Å². The summed E-state index contributed by atoms with van der Waals surface area (Å²) in [5.74, 6) is -1.40. The molecule has 0 saturated carbocycles. The minimum absolute atomic E-state index is 0.0375. The molecule has 1 amide bonds. The number of anilines is 1. The molecule has 0 fully saturated rings. The van der Waals surface area contributed by atoms with E-state index in [2.05, 4.69) is 31.0 Å². The van der Waals surface area contributed by atoms with E-state index in [1.807, 2.05) is 0 Å². The van der Waals surface area contributed by atoms with Gasteiger partial charge in [-0.05, 0) is 34.1 Å². The quantitative estimate of drug-likeness (QED) is 0.837. The third kappa shape index (κ3) is 4.08. The van der Waals surface area contributed by atoms with Crippen LogP contribution in [0.4, 0.5) is 9.52 Å². The van der Waals surface area contributed by atoms with E-state index in [-0.39, 0.29) is 16.5 Å². The molecule has 8 heteroatoms. The third-order valence-electron chi connectivity index (χ3n) is 2.51. The first-order valence-electron chi connectivity index (χ1n) is 5.77. The minimum Gasteiger partial charge on any atom is -0.469 e. The van der Waals surface area contributed by atoms with Crippen molar-refractivity contribution < 1.29 is 18.7 Å². The average Bonchev–Trinajstić information content (AvgIpc) is 2.88. The first-order chi connectivity index (χ1) is 9.99. The first kappa shape index (κ1) is 15.6. The summed E-state index contributed by atoms with van der Waals surface area (Å²) in [5, 5.41) is 4.53. The Balaban J connectivity index is 2.05. The Bertz CT molecular complexity index is 690. The number of hydrogen-bond donors (Lipinski definition) is 1. The third-order valence-corrected chi connectivity index (χ3v) is 3.96. The van der Waals surface area contributed by atoms with Gasteiger partial charge >= 0.3 is 5.97 Å². The summed E-state index contributed by atoms with van der Waals surface area (Å²) in [7, 11) is 1.29. The highest BCUT2D eigenvalue weighted by atomic mass is 79.9. The smallest absolute Gasteiger partial charge is 0.311 e. The SMILES string of the molecule is COC(=O)Cc1csc(NC(=O)c2ccc(Br)c(F)c2)n1. The summed E-state index contributed by atoms with van der Waals surface area (Å²) in [6, 6.07) is 4.07. The largest absolute Gasteiger partial charge is 0.469 e. The van der Waals surface area contributed by atoms with Gasteiger partial charge in [-0.2, -0.15) is 0 Å². The van der Waals surface area contributed by atoms with Crippen LogP contribution < -0.4 is 5.32 Å². The molecule has 1 heterocycles. The molecule has 0 aliphatic heterocycles. The number of amides is 1. The summed E-state index contributed by atoms with van der Waals surface area (Å²) in [6.45, 7) is 0. The van der Waals surface area contributed by atoms with Crippen LogP contribution in [-0.2, 0) is 16.0 Å². The normalized spacial score (nSPS) is 10.2. The van der Waals surface area contributed by atoms with Crippen LogP contribution in [0, 0.1) is 5.82 Å². The molecule has 2 aromatic rings. The van der Waals surface area contributed by atoms with Crippen molar-refractivity contribution in [2.24, 2.45) is 0 Å². The molecule has 110 valence electrons. The number of thiazole rings is 1. The van der Waals surface area contributed by atoms with Crippen LogP contribution in [-0.4, -0.2) is 24.0 Å². The Morgan fingerprint density at radius 1 is 1.48 bits per heavy atom. The van der Waals surface area contributed by atoms with Gasteiger partial charge in [0.1, 0.15) is 5.82 Å². The lowest BCUT2D eigenvalue weighted by molar-refractivity contribution is -0.139. The lowest BCUT2D eigenvalue weighted by atomic mass is 10.2. The van der Waals surface area contributed by atoms with Gasteiger partial charge < -0.3 is 4.74 Å². The van der Waals surface area contributed by atoms with Gasteiger partial charge in [0, 0.05) is 10.9 Å². The van der Waals surface area contributed by atoms with Crippen molar-refractivity contribution in [1.29, 1.82) is 0 Å². The summed E-state index contributed by atoms with van der Waals surface area (Å²) in [6.07, 6.45) is 0.0375. The molecule has 0 saturated heterocycles. The van der Waals surface area contributed by atoms with Gasteiger partial charge in [-0.3, -0.25) is 14.9 Å². The Kier molecular flexibility index (Phi) is 5.03. The number of esters is 1. The van der Waals surface area contributed by atoms with Crippen LogP contribution in [0.5, 0.6) is 0 Å². The molecule has 5 nitrogen and oxygen atoms in total. The van der Waals surface area contributed by atoms with E-state index in [1.165, 1.54) is 30.6 Å². The number of methoxy groups -OCH3 is 1. The minimum atomic E-state index is -0.520.